The zero-order chi connectivity index (χ0) is 20.4. The van der Waals surface area contributed by atoms with Gasteiger partial charge in [-0.15, -0.1) is 0 Å². The second-order valence-electron chi connectivity index (χ2n) is 7.63. The Morgan fingerprint density at radius 3 is 2.75 bits per heavy atom. The summed E-state index contributed by atoms with van der Waals surface area (Å²) in [7, 11) is 2.94. The van der Waals surface area contributed by atoms with E-state index in [9.17, 15) is 14.4 Å². The first-order valence-electron chi connectivity index (χ1n) is 9.47. The van der Waals surface area contributed by atoms with Gasteiger partial charge in [0.05, 0.1) is 18.1 Å². The molecule has 2 aromatic rings. The molecule has 1 saturated heterocycles. The third kappa shape index (κ3) is 4.15. The minimum Gasteiger partial charge on any atom is -0.374 e. The number of amides is 1. The van der Waals surface area contributed by atoms with Crippen molar-refractivity contribution in [3.05, 3.63) is 38.7 Å². The first-order chi connectivity index (χ1) is 13.3. The molecule has 0 bridgehead atoms. The van der Waals surface area contributed by atoms with Crippen molar-refractivity contribution in [2.24, 2.45) is 20.0 Å². The SMILES string of the molecule is CC(C)CN1CCO[C@@H](CNC(=O)c2ccc3c(=O)n(C)c(=O)n(C)c3n2)C1. The molecule has 0 aromatic carbocycles. The van der Waals surface area contributed by atoms with Gasteiger partial charge in [0, 0.05) is 40.3 Å². The van der Waals surface area contributed by atoms with E-state index in [2.05, 4.69) is 29.0 Å². The van der Waals surface area contributed by atoms with Crippen molar-refractivity contribution in [3.63, 3.8) is 0 Å². The molecule has 152 valence electrons. The molecule has 0 radical (unpaired) electrons. The predicted molar refractivity (Wildman–Crippen MR) is 106 cm³/mol. The van der Waals surface area contributed by atoms with E-state index in [0.717, 1.165) is 24.2 Å². The van der Waals surface area contributed by atoms with Crippen molar-refractivity contribution in [1.82, 2.24) is 24.3 Å². The van der Waals surface area contributed by atoms with E-state index in [1.54, 1.807) is 0 Å². The van der Waals surface area contributed by atoms with Gasteiger partial charge in [0.1, 0.15) is 11.3 Å². The van der Waals surface area contributed by atoms with E-state index in [4.69, 9.17) is 4.74 Å². The van der Waals surface area contributed by atoms with Crippen molar-refractivity contribution < 1.29 is 9.53 Å². The first kappa shape index (κ1) is 20.2. The molecule has 9 heteroatoms. The highest BCUT2D eigenvalue weighted by atomic mass is 16.5. The summed E-state index contributed by atoms with van der Waals surface area (Å²) in [5.74, 6) is 0.217. The summed E-state index contributed by atoms with van der Waals surface area (Å²) in [5, 5.41) is 3.14. The standard InChI is InChI=1S/C19H27N5O4/c1-12(2)10-24-7-8-28-13(11-24)9-20-17(25)15-6-5-14-16(21-15)22(3)19(27)23(4)18(14)26/h5-6,12-13H,7-11H2,1-4H3,(H,20,25)/t13-/m0/s1. The van der Waals surface area contributed by atoms with Crippen molar-refractivity contribution >= 4 is 16.9 Å². The second-order valence-corrected chi connectivity index (χ2v) is 7.63. The van der Waals surface area contributed by atoms with Crippen LogP contribution in [-0.2, 0) is 18.8 Å². The summed E-state index contributed by atoms with van der Waals surface area (Å²) in [6.07, 6.45) is -0.0754. The van der Waals surface area contributed by atoms with E-state index in [1.807, 2.05) is 0 Å². The number of carbonyl (C=O) groups excluding carboxylic acids is 1. The average Bonchev–Trinajstić information content (AvgIpc) is 2.68. The van der Waals surface area contributed by atoms with Crippen molar-refractivity contribution in [1.29, 1.82) is 0 Å². The average molecular weight is 389 g/mol. The minimum atomic E-state index is -0.483. The Morgan fingerprint density at radius 2 is 2.04 bits per heavy atom. The lowest BCUT2D eigenvalue weighted by atomic mass is 10.2. The zero-order valence-corrected chi connectivity index (χ0v) is 16.8. The normalized spacial score (nSPS) is 18.0. The molecule has 0 saturated carbocycles. The molecule has 0 unspecified atom stereocenters. The molecule has 1 aliphatic rings. The lowest BCUT2D eigenvalue weighted by Gasteiger charge is -2.33. The van der Waals surface area contributed by atoms with Crippen LogP contribution in [0.1, 0.15) is 24.3 Å². The number of morpholine rings is 1. The van der Waals surface area contributed by atoms with Crippen LogP contribution < -0.4 is 16.6 Å². The Kier molecular flexibility index (Phi) is 5.95. The van der Waals surface area contributed by atoms with Crippen LogP contribution >= 0.6 is 0 Å². The van der Waals surface area contributed by atoms with Crippen LogP contribution in [0.25, 0.3) is 11.0 Å². The van der Waals surface area contributed by atoms with Gasteiger partial charge in [-0.25, -0.2) is 9.78 Å². The van der Waals surface area contributed by atoms with Gasteiger partial charge in [0.2, 0.25) is 0 Å². The monoisotopic (exact) mass is 389 g/mol. The molecule has 3 heterocycles. The zero-order valence-electron chi connectivity index (χ0n) is 16.8. The molecule has 1 fully saturated rings. The molecule has 9 nitrogen and oxygen atoms in total. The Hall–Kier alpha value is -2.52. The van der Waals surface area contributed by atoms with Crippen molar-refractivity contribution in [2.75, 3.05) is 32.8 Å². The summed E-state index contributed by atoms with van der Waals surface area (Å²) in [6.45, 7) is 8.06. The van der Waals surface area contributed by atoms with E-state index < -0.39 is 11.2 Å². The molecule has 1 atom stereocenters. The number of aryl methyl sites for hydroxylation is 1. The molecule has 0 aliphatic carbocycles. The maximum Gasteiger partial charge on any atom is 0.332 e. The fourth-order valence-electron chi connectivity index (χ4n) is 3.46. The summed E-state index contributed by atoms with van der Waals surface area (Å²) < 4.78 is 8.03. The third-order valence-electron chi connectivity index (χ3n) is 4.87. The molecule has 28 heavy (non-hydrogen) atoms. The van der Waals surface area contributed by atoms with E-state index in [0.29, 0.717) is 24.5 Å². The van der Waals surface area contributed by atoms with E-state index in [-0.39, 0.29) is 23.4 Å². The Morgan fingerprint density at radius 1 is 1.29 bits per heavy atom. The lowest BCUT2D eigenvalue weighted by Crippen LogP contribution is -2.48. The Labute approximate surface area is 162 Å². The number of hydrogen-bond acceptors (Lipinski definition) is 6. The van der Waals surface area contributed by atoms with Crippen LogP contribution in [-0.4, -0.2) is 63.8 Å². The van der Waals surface area contributed by atoms with Crippen LogP contribution in [0.2, 0.25) is 0 Å². The van der Waals surface area contributed by atoms with Crippen molar-refractivity contribution in [3.8, 4) is 0 Å². The van der Waals surface area contributed by atoms with Crippen LogP contribution in [0, 0.1) is 5.92 Å². The molecule has 1 aliphatic heterocycles. The van der Waals surface area contributed by atoms with Gasteiger partial charge in [0.25, 0.3) is 11.5 Å². The smallest absolute Gasteiger partial charge is 0.332 e. The summed E-state index contributed by atoms with van der Waals surface area (Å²) in [4.78, 5) is 43.4. The maximum atomic E-state index is 12.5. The molecular formula is C19H27N5O4. The minimum absolute atomic E-state index is 0.0754. The first-order valence-corrected chi connectivity index (χ1v) is 9.47. The quantitative estimate of drug-likeness (QED) is 0.755. The third-order valence-corrected chi connectivity index (χ3v) is 4.87. The molecule has 0 spiro atoms. The number of carbonyl (C=O) groups is 1. The van der Waals surface area contributed by atoms with Gasteiger partial charge >= 0.3 is 5.69 Å². The summed E-state index contributed by atoms with van der Waals surface area (Å²) in [5.41, 5.74) is -0.565. The fraction of sp³-hybridized carbons (Fsp3) is 0.579. The predicted octanol–water partition coefficient (Wildman–Crippen LogP) is -0.281. The molecular weight excluding hydrogens is 362 g/mol. The van der Waals surface area contributed by atoms with Gasteiger partial charge in [-0.1, -0.05) is 13.8 Å². The van der Waals surface area contributed by atoms with E-state index >= 15 is 0 Å². The summed E-state index contributed by atoms with van der Waals surface area (Å²) >= 11 is 0. The molecule has 3 rings (SSSR count). The lowest BCUT2D eigenvalue weighted by molar-refractivity contribution is -0.0295. The number of ether oxygens (including phenoxy) is 1. The number of pyridine rings is 1. The molecule has 1 N–H and O–H groups in total. The van der Waals surface area contributed by atoms with Gasteiger partial charge in [-0.2, -0.15) is 0 Å². The Balaban J connectivity index is 1.72. The Bertz CT molecular complexity index is 994. The van der Waals surface area contributed by atoms with Gasteiger partial charge in [0.15, 0.2) is 0 Å². The largest absolute Gasteiger partial charge is 0.374 e. The highest BCUT2D eigenvalue weighted by Crippen LogP contribution is 2.09. The topological polar surface area (TPSA) is 98.5 Å². The number of fused-ring (bicyclic) bond motifs is 1. The molecule has 1 amide bonds. The van der Waals surface area contributed by atoms with Gasteiger partial charge in [-0.05, 0) is 18.1 Å². The number of hydrogen-bond donors (Lipinski definition) is 1. The number of nitrogens with zero attached hydrogens (tertiary/aromatic N) is 4. The van der Waals surface area contributed by atoms with Crippen LogP contribution in [0.4, 0.5) is 0 Å². The molecule has 2 aromatic heterocycles. The summed E-state index contributed by atoms with van der Waals surface area (Å²) in [6, 6.07) is 3.02. The highest BCUT2D eigenvalue weighted by molar-refractivity contribution is 5.94. The van der Waals surface area contributed by atoms with Gasteiger partial charge in [-0.3, -0.25) is 23.6 Å². The van der Waals surface area contributed by atoms with Crippen molar-refractivity contribution in [2.45, 2.75) is 20.0 Å². The van der Waals surface area contributed by atoms with Crippen LogP contribution in [0.3, 0.4) is 0 Å². The van der Waals surface area contributed by atoms with Gasteiger partial charge < -0.3 is 10.1 Å². The fourth-order valence-corrected chi connectivity index (χ4v) is 3.46. The highest BCUT2D eigenvalue weighted by Gasteiger charge is 2.22. The second kappa shape index (κ2) is 8.24. The maximum absolute atomic E-state index is 12.5. The number of aromatic nitrogens is 3. The van der Waals surface area contributed by atoms with Crippen LogP contribution in [0.15, 0.2) is 21.7 Å². The number of nitrogens with one attached hydrogen (secondary N) is 1. The number of rotatable bonds is 5. The van der Waals surface area contributed by atoms with Crippen LogP contribution in [0.5, 0.6) is 0 Å². The van der Waals surface area contributed by atoms with E-state index in [1.165, 1.54) is 30.8 Å².